The standard InChI is InChI=1S/C19H26O3Si2/c1-21-19(20)17-13-11-16(12-14-17)15-22-24(4,5)23(2,3)18-9-7-6-8-10-18/h6-14H,15H2,1-5H3. The molecule has 0 aliphatic rings. The van der Waals surface area contributed by atoms with E-state index in [1.54, 1.807) is 12.1 Å². The second kappa shape index (κ2) is 7.46. The van der Waals surface area contributed by atoms with Gasteiger partial charge < -0.3 is 9.16 Å². The monoisotopic (exact) mass is 358 g/mol. The number of esters is 1. The Morgan fingerprint density at radius 1 is 0.917 bits per heavy atom. The summed E-state index contributed by atoms with van der Waals surface area (Å²) >= 11 is 0. The van der Waals surface area contributed by atoms with Crippen molar-refractivity contribution in [2.24, 2.45) is 0 Å². The summed E-state index contributed by atoms with van der Waals surface area (Å²) in [5.74, 6) is -0.310. The minimum Gasteiger partial charge on any atom is -0.465 e. The molecule has 5 heteroatoms. The van der Waals surface area contributed by atoms with Gasteiger partial charge in [0.25, 0.3) is 0 Å². The van der Waals surface area contributed by atoms with Gasteiger partial charge in [-0.15, -0.1) is 0 Å². The number of benzene rings is 2. The van der Waals surface area contributed by atoms with E-state index in [1.807, 2.05) is 12.1 Å². The highest BCUT2D eigenvalue weighted by Crippen LogP contribution is 2.22. The molecule has 0 spiro atoms. The van der Waals surface area contributed by atoms with E-state index in [1.165, 1.54) is 12.3 Å². The number of ether oxygens (including phenoxy) is 1. The molecule has 2 rings (SSSR count). The molecule has 0 fully saturated rings. The zero-order valence-corrected chi connectivity index (χ0v) is 17.1. The smallest absolute Gasteiger partial charge is 0.337 e. The summed E-state index contributed by atoms with van der Waals surface area (Å²) in [4.78, 5) is 11.5. The maximum absolute atomic E-state index is 11.5. The third-order valence-electron chi connectivity index (χ3n) is 4.98. The number of hydrogen-bond acceptors (Lipinski definition) is 3. The van der Waals surface area contributed by atoms with E-state index in [0.29, 0.717) is 12.2 Å². The molecule has 0 saturated carbocycles. The fourth-order valence-electron chi connectivity index (χ4n) is 2.50. The van der Waals surface area contributed by atoms with Crippen molar-refractivity contribution in [3.63, 3.8) is 0 Å². The molecule has 0 N–H and O–H groups in total. The maximum atomic E-state index is 11.5. The maximum Gasteiger partial charge on any atom is 0.337 e. The molecular weight excluding hydrogens is 332 g/mol. The van der Waals surface area contributed by atoms with Gasteiger partial charge in [0, 0.05) is 0 Å². The van der Waals surface area contributed by atoms with Crippen molar-refractivity contribution >= 4 is 26.6 Å². The second-order valence-corrected chi connectivity index (χ2v) is 21.5. The highest BCUT2D eigenvalue weighted by molar-refractivity contribution is 7.43. The lowest BCUT2D eigenvalue weighted by Gasteiger charge is -2.38. The molecule has 2 aromatic carbocycles. The number of carbonyl (C=O) groups excluding carboxylic acids is 1. The van der Waals surface area contributed by atoms with Gasteiger partial charge in [0.1, 0.15) is 7.59 Å². The normalized spacial score (nSPS) is 12.0. The van der Waals surface area contributed by atoms with Gasteiger partial charge in [0.15, 0.2) is 7.83 Å². The molecule has 3 nitrogen and oxygen atoms in total. The molecule has 0 bridgehead atoms. The van der Waals surface area contributed by atoms with Crippen molar-refractivity contribution in [2.45, 2.75) is 32.8 Å². The number of carbonyl (C=O) groups is 1. The number of rotatable bonds is 6. The van der Waals surface area contributed by atoms with E-state index in [2.05, 4.69) is 56.5 Å². The largest absolute Gasteiger partial charge is 0.465 e. The first kappa shape index (κ1) is 18.6. The van der Waals surface area contributed by atoms with Crippen molar-refractivity contribution in [3.05, 3.63) is 65.7 Å². The van der Waals surface area contributed by atoms with Crippen molar-refractivity contribution in [2.75, 3.05) is 7.11 Å². The fourth-order valence-corrected chi connectivity index (χ4v) is 9.00. The summed E-state index contributed by atoms with van der Waals surface area (Å²) in [5.41, 5.74) is 1.65. The Bertz CT molecular complexity index is 680. The lowest BCUT2D eigenvalue weighted by atomic mass is 10.1. The first-order chi connectivity index (χ1) is 11.3. The Balaban J connectivity index is 2.08. The molecular formula is C19H26O3Si2. The molecule has 0 radical (unpaired) electrons. The predicted octanol–water partition coefficient (Wildman–Crippen LogP) is 3.89. The third-order valence-corrected chi connectivity index (χ3v) is 21.0. The van der Waals surface area contributed by atoms with Crippen LogP contribution in [0.3, 0.4) is 0 Å². The van der Waals surface area contributed by atoms with Crippen LogP contribution in [0.2, 0.25) is 26.2 Å². The van der Waals surface area contributed by atoms with E-state index in [9.17, 15) is 4.79 Å². The highest BCUT2D eigenvalue weighted by Gasteiger charge is 2.44. The van der Waals surface area contributed by atoms with Gasteiger partial charge in [-0.05, 0) is 30.8 Å². The molecule has 0 atom stereocenters. The van der Waals surface area contributed by atoms with E-state index < -0.39 is 15.4 Å². The minimum absolute atomic E-state index is 0.310. The van der Waals surface area contributed by atoms with Crippen LogP contribution in [0.4, 0.5) is 0 Å². The van der Waals surface area contributed by atoms with Crippen molar-refractivity contribution < 1.29 is 14.0 Å². The summed E-state index contributed by atoms with van der Waals surface area (Å²) in [6.07, 6.45) is 0. The van der Waals surface area contributed by atoms with Crippen LogP contribution in [0.15, 0.2) is 54.6 Å². The number of hydrogen-bond donors (Lipinski definition) is 0. The molecule has 0 saturated heterocycles. The number of methoxy groups -OCH3 is 1. The molecule has 0 aromatic heterocycles. The van der Waals surface area contributed by atoms with E-state index >= 15 is 0 Å². The molecule has 2 aromatic rings. The van der Waals surface area contributed by atoms with Crippen molar-refractivity contribution in [1.82, 2.24) is 0 Å². The Kier molecular flexibility index (Phi) is 5.80. The average molecular weight is 359 g/mol. The lowest BCUT2D eigenvalue weighted by Crippen LogP contribution is -2.64. The predicted molar refractivity (Wildman–Crippen MR) is 104 cm³/mol. The molecule has 0 aliphatic carbocycles. The van der Waals surface area contributed by atoms with E-state index in [4.69, 9.17) is 9.16 Å². The molecule has 0 aliphatic heterocycles. The van der Waals surface area contributed by atoms with Crippen LogP contribution in [0.25, 0.3) is 0 Å². The molecule has 0 heterocycles. The zero-order chi connectivity index (χ0) is 17.8. The Morgan fingerprint density at radius 3 is 2.04 bits per heavy atom. The minimum atomic E-state index is -1.85. The SMILES string of the molecule is COC(=O)c1ccc(CO[Si](C)(C)[Si](C)(C)c2ccccc2)cc1. The van der Waals surface area contributed by atoms with Crippen LogP contribution in [-0.4, -0.2) is 28.5 Å². The topological polar surface area (TPSA) is 35.5 Å². The van der Waals surface area contributed by atoms with Crippen LogP contribution in [0.5, 0.6) is 0 Å². The van der Waals surface area contributed by atoms with Gasteiger partial charge in [-0.3, -0.25) is 0 Å². The Morgan fingerprint density at radius 2 is 1.50 bits per heavy atom. The Labute approximate surface area is 146 Å². The van der Waals surface area contributed by atoms with Crippen LogP contribution in [-0.2, 0) is 15.8 Å². The van der Waals surface area contributed by atoms with Gasteiger partial charge in [-0.2, -0.15) is 0 Å². The Hall–Kier alpha value is -1.70. The van der Waals surface area contributed by atoms with Gasteiger partial charge in [0.05, 0.1) is 19.3 Å². The molecule has 24 heavy (non-hydrogen) atoms. The first-order valence-electron chi connectivity index (χ1n) is 8.14. The third kappa shape index (κ3) is 4.03. The first-order valence-corrected chi connectivity index (χ1v) is 15.1. The molecule has 128 valence electrons. The van der Waals surface area contributed by atoms with Crippen LogP contribution >= 0.6 is 0 Å². The average Bonchev–Trinajstić information content (AvgIpc) is 2.60. The van der Waals surface area contributed by atoms with Gasteiger partial charge in [-0.1, -0.05) is 60.7 Å². The second-order valence-electron chi connectivity index (χ2n) is 6.98. The van der Waals surface area contributed by atoms with Gasteiger partial charge in [0.2, 0.25) is 0 Å². The van der Waals surface area contributed by atoms with Crippen LogP contribution in [0.1, 0.15) is 15.9 Å². The summed E-state index contributed by atoms with van der Waals surface area (Å²) in [5, 5.41) is 1.45. The van der Waals surface area contributed by atoms with Crippen LogP contribution in [0, 0.1) is 0 Å². The van der Waals surface area contributed by atoms with Crippen LogP contribution < -0.4 is 5.19 Å². The van der Waals surface area contributed by atoms with Gasteiger partial charge >= 0.3 is 5.97 Å². The zero-order valence-electron chi connectivity index (χ0n) is 15.1. The summed E-state index contributed by atoms with van der Waals surface area (Å²) in [6.45, 7) is 10.0. The molecule has 0 amide bonds. The highest BCUT2D eigenvalue weighted by atomic mass is 29.3. The van der Waals surface area contributed by atoms with E-state index in [-0.39, 0.29) is 5.97 Å². The quantitative estimate of drug-likeness (QED) is 0.580. The lowest BCUT2D eigenvalue weighted by molar-refractivity contribution is 0.0600. The van der Waals surface area contributed by atoms with Crippen molar-refractivity contribution in [3.8, 4) is 0 Å². The summed E-state index contributed by atoms with van der Waals surface area (Å²) < 4.78 is 11.2. The summed E-state index contributed by atoms with van der Waals surface area (Å²) in [6, 6.07) is 18.2. The summed E-state index contributed by atoms with van der Waals surface area (Å²) in [7, 11) is -2.11. The van der Waals surface area contributed by atoms with Crippen molar-refractivity contribution in [1.29, 1.82) is 0 Å². The van der Waals surface area contributed by atoms with E-state index in [0.717, 1.165) is 5.56 Å². The fraction of sp³-hybridized carbons (Fsp3) is 0.316. The van der Waals surface area contributed by atoms with Gasteiger partial charge in [-0.25, -0.2) is 4.79 Å². The molecule has 0 unspecified atom stereocenters.